The van der Waals surface area contributed by atoms with Crippen molar-refractivity contribution in [3.8, 4) is 5.75 Å². The van der Waals surface area contributed by atoms with Crippen molar-refractivity contribution < 1.29 is 9.53 Å². The van der Waals surface area contributed by atoms with Crippen molar-refractivity contribution >= 4 is 17.3 Å². The van der Waals surface area contributed by atoms with Crippen molar-refractivity contribution in [1.29, 1.82) is 0 Å². The normalized spacial score (nSPS) is 16.4. The van der Waals surface area contributed by atoms with Gasteiger partial charge in [-0.05, 0) is 12.1 Å². The largest absolute Gasteiger partial charge is 0.492 e. The van der Waals surface area contributed by atoms with Crippen LogP contribution in [0.2, 0.25) is 0 Å². The summed E-state index contributed by atoms with van der Waals surface area (Å²) < 4.78 is 5.56. The lowest BCUT2D eigenvalue weighted by molar-refractivity contribution is -0.119. The van der Waals surface area contributed by atoms with Gasteiger partial charge in [-0.3, -0.25) is 9.78 Å². The lowest BCUT2D eigenvalue weighted by Crippen LogP contribution is -2.33. The van der Waals surface area contributed by atoms with E-state index in [1.807, 2.05) is 24.3 Å². The molecule has 5 heteroatoms. The number of carbonyl (C=O) groups is 1. The van der Waals surface area contributed by atoms with Crippen LogP contribution in [0.3, 0.4) is 0 Å². The molecule has 0 bridgehead atoms. The summed E-state index contributed by atoms with van der Waals surface area (Å²) in [7, 11) is 1.72. The number of rotatable bonds is 2. The maximum absolute atomic E-state index is 12.6. The van der Waals surface area contributed by atoms with Gasteiger partial charge in [0.15, 0.2) is 0 Å². The molecule has 2 heterocycles. The molecular weight excluding hydrogens is 254 g/mol. The molecule has 1 atom stereocenters. The number of nitrogens with zero attached hydrogens (tertiary/aromatic N) is 2. The minimum Gasteiger partial charge on any atom is -0.492 e. The summed E-state index contributed by atoms with van der Waals surface area (Å²) in [6, 6.07) is 9.35. The molecule has 1 aromatic heterocycles. The number of pyridine rings is 1. The Balaban J connectivity index is 1.89. The molecule has 0 fully saturated rings. The molecular formula is C15H15N3O2. The van der Waals surface area contributed by atoms with E-state index in [0.29, 0.717) is 18.0 Å². The lowest BCUT2D eigenvalue weighted by atomic mass is 10.00. The standard InChI is InChI=1S/C15H15N3O2/c1-18(13-6-7-17-8-12(13)16)15(19)11-9-20-14-5-3-2-4-10(11)14/h2-8,11H,9,16H2,1H3. The molecule has 1 unspecified atom stereocenters. The third kappa shape index (κ3) is 1.97. The number of anilines is 2. The fourth-order valence-corrected chi connectivity index (χ4v) is 2.42. The van der Waals surface area contributed by atoms with Gasteiger partial charge in [-0.1, -0.05) is 18.2 Å². The van der Waals surface area contributed by atoms with E-state index in [-0.39, 0.29) is 11.8 Å². The Morgan fingerprint density at radius 1 is 1.40 bits per heavy atom. The molecule has 1 aliphatic rings. The van der Waals surface area contributed by atoms with Gasteiger partial charge in [-0.15, -0.1) is 0 Å². The Bertz CT molecular complexity index is 657. The van der Waals surface area contributed by atoms with Crippen LogP contribution in [0.15, 0.2) is 42.7 Å². The Morgan fingerprint density at radius 2 is 2.20 bits per heavy atom. The quantitative estimate of drug-likeness (QED) is 0.902. The van der Waals surface area contributed by atoms with E-state index in [1.165, 1.54) is 6.20 Å². The number of hydrogen-bond donors (Lipinski definition) is 1. The number of fused-ring (bicyclic) bond motifs is 1. The number of hydrogen-bond acceptors (Lipinski definition) is 4. The highest BCUT2D eigenvalue weighted by molar-refractivity contribution is 6.00. The van der Waals surface area contributed by atoms with Crippen LogP contribution in [-0.4, -0.2) is 24.5 Å². The molecule has 0 spiro atoms. The first-order valence-corrected chi connectivity index (χ1v) is 6.37. The van der Waals surface area contributed by atoms with E-state index in [2.05, 4.69) is 4.98 Å². The van der Waals surface area contributed by atoms with Crippen LogP contribution < -0.4 is 15.4 Å². The maximum atomic E-state index is 12.6. The molecule has 102 valence electrons. The SMILES string of the molecule is CN(C(=O)C1COc2ccccc21)c1ccncc1N. The molecule has 0 saturated carbocycles. The van der Waals surface area contributed by atoms with Crippen molar-refractivity contribution in [3.63, 3.8) is 0 Å². The Kier molecular flexibility index (Phi) is 3.02. The number of nitrogens with two attached hydrogens (primary N) is 1. The van der Waals surface area contributed by atoms with Gasteiger partial charge in [0, 0.05) is 18.8 Å². The van der Waals surface area contributed by atoms with Crippen LogP contribution in [-0.2, 0) is 4.79 Å². The van der Waals surface area contributed by atoms with Crippen molar-refractivity contribution in [2.24, 2.45) is 0 Å². The summed E-state index contributed by atoms with van der Waals surface area (Å²) in [6.45, 7) is 0.369. The average molecular weight is 269 g/mol. The molecule has 5 nitrogen and oxygen atoms in total. The fraction of sp³-hybridized carbons (Fsp3) is 0.200. The number of benzene rings is 1. The second-order valence-corrected chi connectivity index (χ2v) is 4.73. The van der Waals surface area contributed by atoms with Crippen LogP contribution >= 0.6 is 0 Å². The lowest BCUT2D eigenvalue weighted by Gasteiger charge is -2.21. The van der Waals surface area contributed by atoms with E-state index < -0.39 is 0 Å². The minimum absolute atomic E-state index is 0.0344. The predicted octanol–water partition coefficient (Wildman–Crippen LogP) is 1.80. The molecule has 20 heavy (non-hydrogen) atoms. The van der Waals surface area contributed by atoms with Crippen molar-refractivity contribution in [3.05, 3.63) is 48.3 Å². The van der Waals surface area contributed by atoms with Gasteiger partial charge in [-0.2, -0.15) is 0 Å². The molecule has 2 aromatic rings. The van der Waals surface area contributed by atoms with Crippen molar-refractivity contribution in [2.75, 3.05) is 24.3 Å². The second kappa shape index (κ2) is 4.85. The molecule has 0 saturated heterocycles. The van der Waals surface area contributed by atoms with Crippen LogP contribution in [0.1, 0.15) is 11.5 Å². The molecule has 1 amide bonds. The molecule has 1 aliphatic heterocycles. The zero-order valence-electron chi connectivity index (χ0n) is 11.1. The van der Waals surface area contributed by atoms with Crippen LogP contribution in [0.25, 0.3) is 0 Å². The minimum atomic E-state index is -0.288. The topological polar surface area (TPSA) is 68.5 Å². The van der Waals surface area contributed by atoms with E-state index in [1.54, 1.807) is 24.2 Å². The number of carbonyl (C=O) groups excluding carboxylic acids is 1. The zero-order valence-corrected chi connectivity index (χ0v) is 11.1. The Morgan fingerprint density at radius 3 is 3.00 bits per heavy atom. The van der Waals surface area contributed by atoms with Crippen LogP contribution in [0.5, 0.6) is 5.75 Å². The number of nitrogen functional groups attached to an aromatic ring is 1. The Labute approximate surface area is 117 Å². The summed E-state index contributed by atoms with van der Waals surface area (Å²) in [5.41, 5.74) is 7.94. The van der Waals surface area contributed by atoms with Gasteiger partial charge in [0.25, 0.3) is 0 Å². The number of amides is 1. The highest BCUT2D eigenvalue weighted by Crippen LogP contribution is 2.35. The summed E-state index contributed by atoms with van der Waals surface area (Å²) in [6.07, 6.45) is 3.16. The maximum Gasteiger partial charge on any atom is 0.237 e. The summed E-state index contributed by atoms with van der Waals surface area (Å²) in [5.74, 6) is 0.457. The highest BCUT2D eigenvalue weighted by atomic mass is 16.5. The van der Waals surface area contributed by atoms with Gasteiger partial charge in [-0.25, -0.2) is 0 Å². The monoisotopic (exact) mass is 269 g/mol. The third-order valence-corrected chi connectivity index (χ3v) is 3.52. The fourth-order valence-electron chi connectivity index (χ4n) is 2.42. The molecule has 3 rings (SSSR count). The van der Waals surface area contributed by atoms with Gasteiger partial charge in [0.1, 0.15) is 18.3 Å². The number of para-hydroxylation sites is 1. The first-order valence-electron chi connectivity index (χ1n) is 6.37. The van der Waals surface area contributed by atoms with Gasteiger partial charge in [0.05, 0.1) is 17.6 Å². The molecule has 0 radical (unpaired) electrons. The average Bonchev–Trinajstić information content (AvgIpc) is 2.90. The third-order valence-electron chi connectivity index (χ3n) is 3.52. The van der Waals surface area contributed by atoms with Crippen LogP contribution in [0.4, 0.5) is 11.4 Å². The number of aromatic nitrogens is 1. The van der Waals surface area contributed by atoms with Gasteiger partial charge >= 0.3 is 0 Å². The highest BCUT2D eigenvalue weighted by Gasteiger charge is 2.32. The molecule has 0 aliphatic carbocycles. The summed E-state index contributed by atoms with van der Waals surface area (Å²) >= 11 is 0. The van der Waals surface area contributed by atoms with Crippen LogP contribution in [0, 0.1) is 0 Å². The number of likely N-dealkylation sites (N-methyl/N-ethyl adjacent to an activating group) is 1. The molecule has 1 aromatic carbocycles. The van der Waals surface area contributed by atoms with E-state index in [9.17, 15) is 4.79 Å². The Hall–Kier alpha value is -2.56. The van der Waals surface area contributed by atoms with E-state index in [0.717, 1.165) is 11.3 Å². The van der Waals surface area contributed by atoms with E-state index in [4.69, 9.17) is 10.5 Å². The molecule has 2 N–H and O–H groups in total. The summed E-state index contributed by atoms with van der Waals surface area (Å²) in [5, 5.41) is 0. The van der Waals surface area contributed by atoms with Crippen molar-refractivity contribution in [2.45, 2.75) is 5.92 Å². The second-order valence-electron chi connectivity index (χ2n) is 4.73. The number of ether oxygens (including phenoxy) is 1. The predicted molar refractivity (Wildman–Crippen MR) is 76.7 cm³/mol. The van der Waals surface area contributed by atoms with Crippen molar-refractivity contribution in [1.82, 2.24) is 4.98 Å². The first-order chi connectivity index (χ1) is 9.68. The summed E-state index contributed by atoms with van der Waals surface area (Å²) in [4.78, 5) is 18.1. The smallest absolute Gasteiger partial charge is 0.237 e. The van der Waals surface area contributed by atoms with Gasteiger partial charge in [0.2, 0.25) is 5.91 Å². The zero-order chi connectivity index (χ0) is 14.1. The first kappa shape index (κ1) is 12.5. The van der Waals surface area contributed by atoms with E-state index >= 15 is 0 Å². The van der Waals surface area contributed by atoms with Gasteiger partial charge < -0.3 is 15.4 Å².